The van der Waals surface area contributed by atoms with Gasteiger partial charge >= 0.3 is 0 Å². The number of hydrogen-bond acceptors (Lipinski definition) is 2. The largest absolute Gasteiger partial charge is 0.338 e. The number of imidazole rings is 1. The second kappa shape index (κ2) is 5.51. The fourth-order valence-corrected chi connectivity index (χ4v) is 4.08. The highest BCUT2D eigenvalue weighted by Crippen LogP contribution is 2.61. The molecule has 2 saturated carbocycles. The van der Waals surface area contributed by atoms with E-state index in [2.05, 4.69) is 42.0 Å². The maximum Gasteiger partial charge on any atom is 0.108 e. The van der Waals surface area contributed by atoms with Gasteiger partial charge in [0.1, 0.15) is 5.82 Å². The Bertz CT molecular complexity index is 439. The molecule has 1 heterocycles. The Hall–Kier alpha value is -0.830. The van der Waals surface area contributed by atoms with Crippen molar-refractivity contribution in [1.82, 2.24) is 14.9 Å². The van der Waals surface area contributed by atoms with E-state index in [1.54, 1.807) is 0 Å². The average Bonchev–Trinajstić information content (AvgIpc) is 2.82. The Labute approximate surface area is 123 Å². The lowest BCUT2D eigenvalue weighted by atomic mass is 9.78. The third-order valence-corrected chi connectivity index (χ3v) is 5.31. The molecule has 20 heavy (non-hydrogen) atoms. The van der Waals surface area contributed by atoms with Gasteiger partial charge in [0, 0.05) is 32.4 Å². The fraction of sp³-hybridized carbons (Fsp3) is 0.824. The van der Waals surface area contributed by atoms with Gasteiger partial charge in [0.15, 0.2) is 0 Å². The third kappa shape index (κ3) is 3.08. The van der Waals surface area contributed by atoms with E-state index in [0.29, 0.717) is 5.41 Å². The Morgan fingerprint density at radius 1 is 1.40 bits per heavy atom. The van der Waals surface area contributed by atoms with Gasteiger partial charge in [-0.1, -0.05) is 13.8 Å². The predicted molar refractivity (Wildman–Crippen MR) is 82.5 cm³/mol. The molecule has 0 amide bonds. The van der Waals surface area contributed by atoms with Crippen molar-refractivity contribution in [3.8, 4) is 0 Å². The number of aromatic nitrogens is 2. The average molecular weight is 275 g/mol. The number of nitrogens with one attached hydrogen (secondary N) is 1. The molecule has 3 nitrogen and oxygen atoms in total. The summed E-state index contributed by atoms with van der Waals surface area (Å²) in [6, 6.07) is 0. The first-order valence-corrected chi connectivity index (χ1v) is 8.25. The highest BCUT2D eigenvalue weighted by molar-refractivity contribution is 5.05. The second-order valence-electron chi connectivity index (χ2n) is 7.64. The van der Waals surface area contributed by atoms with Gasteiger partial charge in [-0.25, -0.2) is 4.98 Å². The molecule has 1 aromatic heterocycles. The zero-order chi connectivity index (χ0) is 14.2. The van der Waals surface area contributed by atoms with Crippen molar-refractivity contribution in [2.24, 2.45) is 30.2 Å². The van der Waals surface area contributed by atoms with E-state index in [1.165, 1.54) is 38.1 Å². The molecule has 2 fully saturated rings. The lowest BCUT2D eigenvalue weighted by Crippen LogP contribution is -2.35. The van der Waals surface area contributed by atoms with Gasteiger partial charge in [-0.2, -0.15) is 0 Å². The van der Waals surface area contributed by atoms with Crippen LogP contribution in [0.5, 0.6) is 0 Å². The summed E-state index contributed by atoms with van der Waals surface area (Å²) in [5.41, 5.74) is 0.550. The third-order valence-electron chi connectivity index (χ3n) is 5.31. The van der Waals surface area contributed by atoms with E-state index in [1.807, 2.05) is 6.20 Å². The quantitative estimate of drug-likeness (QED) is 0.829. The SMILES string of the molecule is CC(C)CNCC1(CCc2nccn2C)CC2CC2C1. The minimum absolute atomic E-state index is 0.550. The number of nitrogens with zero attached hydrogens (tertiary/aromatic N) is 2. The van der Waals surface area contributed by atoms with Gasteiger partial charge in [-0.3, -0.25) is 0 Å². The molecule has 3 rings (SSSR count). The van der Waals surface area contributed by atoms with Crippen LogP contribution in [0.2, 0.25) is 0 Å². The van der Waals surface area contributed by atoms with Gasteiger partial charge in [-0.05, 0) is 55.4 Å². The molecular weight excluding hydrogens is 246 g/mol. The Morgan fingerprint density at radius 2 is 2.15 bits per heavy atom. The van der Waals surface area contributed by atoms with Crippen LogP contribution < -0.4 is 5.32 Å². The molecule has 0 spiro atoms. The van der Waals surface area contributed by atoms with Crippen LogP contribution in [0.25, 0.3) is 0 Å². The van der Waals surface area contributed by atoms with E-state index in [-0.39, 0.29) is 0 Å². The minimum Gasteiger partial charge on any atom is -0.338 e. The summed E-state index contributed by atoms with van der Waals surface area (Å²) in [6.45, 7) is 6.95. The topological polar surface area (TPSA) is 29.9 Å². The standard InChI is InChI=1S/C17H29N3/c1-13(2)11-18-12-17(9-14-8-15(14)10-17)5-4-16-19-6-7-20(16)3/h6-7,13-15,18H,4-5,8-12H2,1-3H3. The fourth-order valence-electron chi connectivity index (χ4n) is 4.08. The first-order chi connectivity index (χ1) is 9.58. The molecular formula is C17H29N3. The lowest BCUT2D eigenvalue weighted by Gasteiger charge is -2.32. The highest BCUT2D eigenvalue weighted by atomic mass is 15.0. The van der Waals surface area contributed by atoms with Crippen LogP contribution in [0.3, 0.4) is 0 Å². The maximum atomic E-state index is 4.49. The summed E-state index contributed by atoms with van der Waals surface area (Å²) >= 11 is 0. The Balaban J connectivity index is 1.57. The summed E-state index contributed by atoms with van der Waals surface area (Å²) in [5.74, 6) is 4.10. The van der Waals surface area contributed by atoms with E-state index < -0.39 is 0 Å². The van der Waals surface area contributed by atoms with Gasteiger partial charge < -0.3 is 9.88 Å². The van der Waals surface area contributed by atoms with Crippen LogP contribution in [-0.2, 0) is 13.5 Å². The lowest BCUT2D eigenvalue weighted by molar-refractivity contribution is 0.225. The summed E-state index contributed by atoms with van der Waals surface area (Å²) in [5, 5.41) is 3.73. The van der Waals surface area contributed by atoms with E-state index in [9.17, 15) is 0 Å². The van der Waals surface area contributed by atoms with Crippen molar-refractivity contribution < 1.29 is 0 Å². The second-order valence-corrected chi connectivity index (χ2v) is 7.64. The Kier molecular flexibility index (Phi) is 3.89. The smallest absolute Gasteiger partial charge is 0.108 e. The van der Waals surface area contributed by atoms with Crippen molar-refractivity contribution in [1.29, 1.82) is 0 Å². The first kappa shape index (κ1) is 14.1. The van der Waals surface area contributed by atoms with E-state index in [4.69, 9.17) is 0 Å². The molecule has 2 aliphatic carbocycles. The highest BCUT2D eigenvalue weighted by Gasteiger charge is 2.53. The maximum absolute atomic E-state index is 4.49. The number of aryl methyl sites for hydroxylation is 2. The molecule has 2 unspecified atom stereocenters. The summed E-state index contributed by atoms with van der Waals surface area (Å²) < 4.78 is 2.17. The van der Waals surface area contributed by atoms with E-state index in [0.717, 1.165) is 30.7 Å². The predicted octanol–water partition coefficient (Wildman–Crippen LogP) is 3.01. The molecule has 0 aliphatic heterocycles. The van der Waals surface area contributed by atoms with Gasteiger partial charge in [-0.15, -0.1) is 0 Å². The summed E-state index contributed by atoms with van der Waals surface area (Å²) in [4.78, 5) is 4.49. The van der Waals surface area contributed by atoms with Crippen LogP contribution in [-0.4, -0.2) is 22.6 Å². The van der Waals surface area contributed by atoms with Crippen molar-refractivity contribution in [3.63, 3.8) is 0 Å². The summed E-state index contributed by atoms with van der Waals surface area (Å²) in [6.07, 6.45) is 10.8. The zero-order valence-corrected chi connectivity index (χ0v) is 13.2. The van der Waals surface area contributed by atoms with Crippen molar-refractivity contribution in [2.75, 3.05) is 13.1 Å². The molecule has 0 aromatic carbocycles. The van der Waals surface area contributed by atoms with Crippen LogP contribution >= 0.6 is 0 Å². The van der Waals surface area contributed by atoms with Crippen molar-refractivity contribution in [2.45, 2.75) is 46.0 Å². The molecule has 0 saturated heterocycles. The molecule has 1 aromatic rings. The van der Waals surface area contributed by atoms with Crippen molar-refractivity contribution in [3.05, 3.63) is 18.2 Å². The minimum atomic E-state index is 0.550. The van der Waals surface area contributed by atoms with Gasteiger partial charge in [0.05, 0.1) is 0 Å². The molecule has 0 radical (unpaired) electrons. The molecule has 1 N–H and O–H groups in total. The molecule has 2 atom stereocenters. The van der Waals surface area contributed by atoms with Crippen LogP contribution in [0.4, 0.5) is 0 Å². The molecule has 112 valence electrons. The van der Waals surface area contributed by atoms with Gasteiger partial charge in [0.2, 0.25) is 0 Å². The number of hydrogen-bond donors (Lipinski definition) is 1. The zero-order valence-electron chi connectivity index (χ0n) is 13.2. The van der Waals surface area contributed by atoms with Crippen LogP contribution in [0.1, 0.15) is 45.4 Å². The van der Waals surface area contributed by atoms with Gasteiger partial charge in [0.25, 0.3) is 0 Å². The Morgan fingerprint density at radius 3 is 2.75 bits per heavy atom. The molecule has 0 bridgehead atoms. The summed E-state index contributed by atoms with van der Waals surface area (Å²) in [7, 11) is 2.11. The van der Waals surface area contributed by atoms with Crippen LogP contribution in [0.15, 0.2) is 12.4 Å². The van der Waals surface area contributed by atoms with Crippen molar-refractivity contribution >= 4 is 0 Å². The normalized spacial score (nSPS) is 31.8. The van der Waals surface area contributed by atoms with E-state index >= 15 is 0 Å². The molecule has 3 heteroatoms. The monoisotopic (exact) mass is 275 g/mol. The molecule has 2 aliphatic rings. The van der Waals surface area contributed by atoms with Crippen LogP contribution in [0, 0.1) is 23.2 Å². The number of rotatable bonds is 7. The number of fused-ring (bicyclic) bond motifs is 1. The first-order valence-electron chi connectivity index (χ1n) is 8.25.